The van der Waals surface area contributed by atoms with E-state index < -0.39 is 10.4 Å². The quantitative estimate of drug-likeness (QED) is 0.0244. The van der Waals surface area contributed by atoms with Gasteiger partial charge in [-0.05, 0) is 70.6 Å². The van der Waals surface area contributed by atoms with Crippen molar-refractivity contribution in [1.29, 1.82) is 0 Å². The molecular formula is C43H83N3O5S. The van der Waals surface area contributed by atoms with E-state index in [2.05, 4.69) is 76.5 Å². The lowest BCUT2D eigenvalue weighted by atomic mass is 10.1. The number of allylic oxidation sites excluding steroid dienone is 4. The number of nitrogens with zero attached hydrogens (tertiary/aromatic N) is 1. The third kappa shape index (κ3) is 42.4. The number of rotatable bonds is 33. The topological polar surface area (TPSA) is 115 Å². The van der Waals surface area contributed by atoms with Gasteiger partial charge in [-0.3, -0.25) is 8.98 Å². The highest BCUT2D eigenvalue weighted by atomic mass is 32.3. The van der Waals surface area contributed by atoms with Crippen LogP contribution in [0.2, 0.25) is 0 Å². The zero-order valence-corrected chi connectivity index (χ0v) is 35.4. The monoisotopic (exact) mass is 754 g/mol. The first-order valence-corrected chi connectivity index (χ1v) is 22.7. The third-order valence-corrected chi connectivity index (χ3v) is 9.65. The van der Waals surface area contributed by atoms with E-state index in [4.69, 9.17) is 0 Å². The zero-order chi connectivity index (χ0) is 38.8. The van der Waals surface area contributed by atoms with Gasteiger partial charge in [0.25, 0.3) is 5.82 Å². The van der Waals surface area contributed by atoms with E-state index in [-0.39, 0.29) is 5.91 Å². The summed E-state index contributed by atoms with van der Waals surface area (Å²) in [4.78, 5) is 14.3. The van der Waals surface area contributed by atoms with Crippen molar-refractivity contribution >= 4 is 16.3 Å². The fourth-order valence-corrected chi connectivity index (χ4v) is 5.92. The summed E-state index contributed by atoms with van der Waals surface area (Å²) in [5, 5.41) is 2.67. The van der Waals surface area contributed by atoms with Gasteiger partial charge in [0, 0.05) is 19.9 Å². The van der Waals surface area contributed by atoms with Gasteiger partial charge in [-0.2, -0.15) is 0 Å². The predicted octanol–water partition coefficient (Wildman–Crippen LogP) is 11.8. The molecule has 1 aromatic rings. The maximum Gasteiger partial charge on any atom is 0.253 e. The normalized spacial score (nSPS) is 11.4. The first-order valence-electron chi connectivity index (χ1n) is 21.3. The van der Waals surface area contributed by atoms with E-state index >= 15 is 0 Å². The van der Waals surface area contributed by atoms with Crippen LogP contribution in [-0.2, 0) is 32.3 Å². The van der Waals surface area contributed by atoms with Crippen LogP contribution in [0.5, 0.6) is 0 Å². The Morgan fingerprint density at radius 1 is 0.673 bits per heavy atom. The molecule has 0 fully saturated rings. The summed E-state index contributed by atoms with van der Waals surface area (Å²) in [6, 6.07) is 0. The van der Waals surface area contributed by atoms with Crippen LogP contribution in [0.3, 0.4) is 0 Å². The maximum atomic E-state index is 11.0. The van der Waals surface area contributed by atoms with Crippen LogP contribution < -0.4 is 9.88 Å². The summed E-state index contributed by atoms with van der Waals surface area (Å²) in [7, 11) is -1.90. The Kier molecular flexibility index (Phi) is 41.9. The molecule has 0 aliphatic carbocycles. The molecule has 9 heteroatoms. The van der Waals surface area contributed by atoms with E-state index in [1.54, 1.807) is 7.05 Å². The zero-order valence-electron chi connectivity index (χ0n) is 34.6. The minimum absolute atomic E-state index is 0.174. The summed E-state index contributed by atoms with van der Waals surface area (Å²) in [5.74, 6) is 1.53. The Hall–Kier alpha value is -1.97. The van der Waals surface area contributed by atoms with Crippen molar-refractivity contribution in [3.05, 3.63) is 42.5 Å². The molecule has 0 aliphatic heterocycles. The lowest BCUT2D eigenvalue weighted by molar-refractivity contribution is -0.703. The van der Waals surface area contributed by atoms with Crippen molar-refractivity contribution in [2.75, 3.05) is 14.2 Å². The number of carbonyl (C=O) groups is 1. The van der Waals surface area contributed by atoms with Gasteiger partial charge in [-0.25, -0.2) is 18.0 Å². The molecule has 1 amide bonds. The minimum atomic E-state index is -4.41. The fourth-order valence-electron chi connectivity index (χ4n) is 5.92. The van der Waals surface area contributed by atoms with Crippen LogP contribution >= 0.6 is 0 Å². The summed E-state index contributed by atoms with van der Waals surface area (Å²) in [6.07, 6.45) is 51.8. The summed E-state index contributed by atoms with van der Waals surface area (Å²) < 4.78 is 33.4. The molecule has 0 saturated heterocycles. The molecule has 1 aromatic heterocycles. The van der Waals surface area contributed by atoms with Crippen LogP contribution in [0.15, 0.2) is 36.7 Å². The highest BCUT2D eigenvalue weighted by molar-refractivity contribution is 7.80. The van der Waals surface area contributed by atoms with Crippen LogP contribution in [-0.4, -0.2) is 38.0 Å². The van der Waals surface area contributed by atoms with Crippen molar-refractivity contribution in [2.24, 2.45) is 0 Å². The molecule has 0 bridgehead atoms. The van der Waals surface area contributed by atoms with Gasteiger partial charge in [-0.1, -0.05) is 148 Å². The number of aryl methyl sites for hydroxylation is 2. The van der Waals surface area contributed by atoms with Gasteiger partial charge in [0.2, 0.25) is 16.3 Å². The van der Waals surface area contributed by atoms with Crippen LogP contribution in [0.1, 0.15) is 206 Å². The molecule has 0 saturated carbocycles. The van der Waals surface area contributed by atoms with Gasteiger partial charge in [-0.15, -0.1) is 0 Å². The van der Waals surface area contributed by atoms with Crippen molar-refractivity contribution in [3.8, 4) is 0 Å². The molecule has 2 N–H and O–H groups in total. The molecule has 306 valence electrons. The maximum absolute atomic E-state index is 11.0. The number of unbranched alkanes of at least 4 members (excludes halogenated alkanes) is 23. The highest BCUT2D eigenvalue weighted by Gasteiger charge is 2.06. The number of hydrogen-bond donors (Lipinski definition) is 2. The van der Waals surface area contributed by atoms with E-state index in [0.717, 1.165) is 20.0 Å². The first kappa shape index (κ1) is 52.1. The van der Waals surface area contributed by atoms with Gasteiger partial charge in [0.15, 0.2) is 0 Å². The number of aromatic amines is 1. The number of imidazole rings is 1. The summed E-state index contributed by atoms with van der Waals surface area (Å²) >= 11 is 0. The lowest BCUT2D eigenvalue weighted by Crippen LogP contribution is -2.35. The Bertz CT molecular complexity index is 1040. The van der Waals surface area contributed by atoms with Crippen molar-refractivity contribution in [1.82, 2.24) is 10.3 Å². The Morgan fingerprint density at radius 3 is 1.40 bits per heavy atom. The van der Waals surface area contributed by atoms with Gasteiger partial charge >= 0.3 is 0 Å². The Labute approximate surface area is 322 Å². The molecule has 52 heavy (non-hydrogen) atoms. The smallest absolute Gasteiger partial charge is 0.253 e. The molecular weight excluding hydrogens is 671 g/mol. The molecule has 0 atom stereocenters. The highest BCUT2D eigenvalue weighted by Crippen LogP contribution is 2.11. The summed E-state index contributed by atoms with van der Waals surface area (Å²) in [6.45, 7) is 7.94. The molecule has 1 heterocycles. The second-order valence-corrected chi connectivity index (χ2v) is 15.1. The van der Waals surface area contributed by atoms with Gasteiger partial charge in [0.05, 0.1) is 13.7 Å². The van der Waals surface area contributed by atoms with Gasteiger partial charge < -0.3 is 9.87 Å². The number of aromatic nitrogens is 2. The molecule has 1 rings (SSSR count). The van der Waals surface area contributed by atoms with Crippen LogP contribution in [0, 0.1) is 0 Å². The Morgan fingerprint density at radius 2 is 1.04 bits per heavy atom. The van der Waals surface area contributed by atoms with Crippen molar-refractivity contribution < 1.29 is 26.5 Å². The first-order chi connectivity index (χ1) is 25.2. The fraction of sp³-hybridized carbons (Fsp3) is 0.814. The van der Waals surface area contributed by atoms with E-state index in [1.165, 1.54) is 179 Å². The largest absolute Gasteiger partial charge is 0.726 e. The number of H-pyrrole nitrogens is 1. The average molecular weight is 754 g/mol. The van der Waals surface area contributed by atoms with Crippen LogP contribution in [0.4, 0.5) is 0 Å². The second kappa shape index (κ2) is 41.8. The van der Waals surface area contributed by atoms with E-state index in [1.807, 2.05) is 0 Å². The Balaban J connectivity index is 0. The number of nitrogens with one attached hydrogen (secondary N) is 2. The number of carbonyl (C=O) groups excluding carboxylic acids is 1. The molecule has 0 spiro atoms. The van der Waals surface area contributed by atoms with Crippen molar-refractivity contribution in [3.63, 3.8) is 0 Å². The molecule has 0 aromatic carbocycles. The van der Waals surface area contributed by atoms with Crippen LogP contribution in [0.25, 0.3) is 0 Å². The minimum Gasteiger partial charge on any atom is -0.726 e. The average Bonchev–Trinajstić information content (AvgIpc) is 3.60. The molecule has 8 nitrogen and oxygen atoms in total. The second-order valence-electron chi connectivity index (χ2n) is 14.0. The predicted molar refractivity (Wildman–Crippen MR) is 220 cm³/mol. The molecule has 0 aliphatic rings. The number of amides is 1. The third-order valence-electron chi connectivity index (χ3n) is 9.25. The summed E-state index contributed by atoms with van der Waals surface area (Å²) in [5.41, 5.74) is 0. The molecule has 0 radical (unpaired) electrons. The van der Waals surface area contributed by atoms with Gasteiger partial charge in [0.1, 0.15) is 12.4 Å². The lowest BCUT2D eigenvalue weighted by Gasteiger charge is -2.01. The molecule has 0 unspecified atom stereocenters. The van der Waals surface area contributed by atoms with Crippen molar-refractivity contribution in [2.45, 2.75) is 214 Å². The SMILES string of the molecule is CCCCCCCC/C=C\CCCCCCCC(=O)NC.CCCCCCCC/C=C\CCCCCCCC[n+]1cc[nH]c1CC.COS(=O)(=O)[O-]. The van der Waals surface area contributed by atoms with E-state index in [9.17, 15) is 17.8 Å². The van der Waals surface area contributed by atoms with E-state index in [0.29, 0.717) is 6.42 Å². The number of hydrogen-bond acceptors (Lipinski definition) is 5. The standard InChI is InChI=1S/C23H42N2.C19H37NO.CH4O4S/c1-3-5-6-7-8-9-10-11-12-13-14-15-16-17-18-19-21-25-22-20-24-23(25)4-2;1-3-4-5-6-7-8-9-10-11-12-13-14-15-16-17-18-19(21)20-2;1-5-6(2,3)4/h11-12,20,22H,3-10,13-19,21H2,1-2H3;10-11H,3-9,12-18H2,1-2H3,(H,20,21);1H3,(H,2,3,4)/b12-11-;11-10-;.